The van der Waals surface area contributed by atoms with Crippen LogP contribution in [0.1, 0.15) is 6.42 Å². The number of H-pyrrole nitrogens is 1. The van der Waals surface area contributed by atoms with Gasteiger partial charge in [-0.05, 0) is 45.3 Å². The van der Waals surface area contributed by atoms with Gasteiger partial charge in [-0.3, -0.25) is 15.2 Å². The Hall–Kier alpha value is -4.00. The fourth-order valence-corrected chi connectivity index (χ4v) is 4.12. The molecule has 4 heterocycles. The summed E-state index contributed by atoms with van der Waals surface area (Å²) in [4.78, 5) is 6.98. The van der Waals surface area contributed by atoms with E-state index in [1.807, 2.05) is 59.7 Å². The second-order valence-corrected chi connectivity index (χ2v) is 9.31. The number of aromatic nitrogens is 6. The lowest BCUT2D eigenvalue weighted by molar-refractivity contribution is 0.0241. The summed E-state index contributed by atoms with van der Waals surface area (Å²) >= 11 is 0. The van der Waals surface area contributed by atoms with Crippen molar-refractivity contribution in [1.82, 2.24) is 45.1 Å². The zero-order valence-corrected chi connectivity index (χ0v) is 22.0. The van der Waals surface area contributed by atoms with E-state index in [-0.39, 0.29) is 0 Å². The van der Waals surface area contributed by atoms with Crippen LogP contribution in [-0.4, -0.2) is 99.7 Å². The maximum absolute atomic E-state index is 5.50. The number of rotatable bonds is 9. The molecule has 0 radical (unpaired) electrons. The molecule has 1 saturated heterocycles. The molecular weight excluding hydrogens is 484 g/mol. The molecule has 0 bridgehead atoms. The van der Waals surface area contributed by atoms with Crippen molar-refractivity contribution < 1.29 is 9.47 Å². The van der Waals surface area contributed by atoms with E-state index in [2.05, 4.69) is 44.7 Å². The van der Waals surface area contributed by atoms with E-state index in [1.165, 1.54) is 0 Å². The molecule has 4 aromatic rings. The number of hydrogen-bond donors (Lipinski definition) is 2. The van der Waals surface area contributed by atoms with E-state index in [0.29, 0.717) is 25.0 Å². The number of aliphatic imine (C=N–C) groups is 1. The summed E-state index contributed by atoms with van der Waals surface area (Å²) < 4.78 is 14.5. The van der Waals surface area contributed by atoms with Gasteiger partial charge >= 0.3 is 0 Å². The first-order chi connectivity index (χ1) is 18.6. The van der Waals surface area contributed by atoms with Gasteiger partial charge in [0, 0.05) is 49.2 Å². The van der Waals surface area contributed by atoms with Crippen molar-refractivity contribution in [2.75, 3.05) is 54.1 Å². The quantitative estimate of drug-likeness (QED) is 0.257. The molecule has 0 unspecified atom stereocenters. The van der Waals surface area contributed by atoms with Crippen LogP contribution in [0.15, 0.2) is 60.0 Å². The molecule has 12 nitrogen and oxygen atoms in total. The van der Waals surface area contributed by atoms with E-state index in [0.717, 1.165) is 60.9 Å². The molecule has 1 aliphatic rings. The highest BCUT2D eigenvalue weighted by Crippen LogP contribution is 2.23. The zero-order chi connectivity index (χ0) is 26.3. The molecule has 0 amide bonds. The highest BCUT2D eigenvalue weighted by atomic mass is 16.5. The van der Waals surface area contributed by atoms with Crippen LogP contribution in [-0.2, 0) is 11.3 Å². The van der Waals surface area contributed by atoms with Crippen molar-refractivity contribution in [2.24, 2.45) is 4.99 Å². The first-order valence-electron chi connectivity index (χ1n) is 12.7. The topological polar surface area (TPSA) is 114 Å². The van der Waals surface area contributed by atoms with Gasteiger partial charge in [0.05, 0.1) is 37.9 Å². The van der Waals surface area contributed by atoms with Crippen molar-refractivity contribution in [1.29, 1.82) is 0 Å². The maximum atomic E-state index is 5.50. The van der Waals surface area contributed by atoms with Crippen LogP contribution in [0, 0.1) is 0 Å². The molecule has 1 aliphatic heterocycles. The van der Waals surface area contributed by atoms with Gasteiger partial charge in [-0.2, -0.15) is 20.3 Å². The average molecular weight is 519 g/mol. The Labute approximate surface area is 221 Å². The van der Waals surface area contributed by atoms with Gasteiger partial charge in [-0.25, -0.2) is 9.69 Å². The Bertz CT molecular complexity index is 1350. The summed E-state index contributed by atoms with van der Waals surface area (Å²) in [6.07, 6.45) is 6.78. The lowest BCUT2D eigenvalue weighted by Gasteiger charge is -2.28. The van der Waals surface area contributed by atoms with Crippen molar-refractivity contribution >= 4 is 11.8 Å². The molecule has 1 fully saturated rings. The second-order valence-electron chi connectivity index (χ2n) is 9.31. The lowest BCUT2D eigenvalue weighted by atomic mass is 10.1. The number of hydrogen-bond acceptors (Lipinski definition) is 8. The molecule has 0 atom stereocenters. The summed E-state index contributed by atoms with van der Waals surface area (Å²) in [5.74, 6) is 1.86. The molecule has 0 saturated carbocycles. The molecule has 1 aromatic carbocycles. The SMILES string of the molecule is COc1cccc(-c2ccn(C(=Nc3cc(-c4cnn(CCCN(C)C)c4)[nH]n3)NN3CCOCC3)n2)c1. The highest BCUT2D eigenvalue weighted by Gasteiger charge is 2.16. The van der Waals surface area contributed by atoms with Crippen molar-refractivity contribution in [3.8, 4) is 28.3 Å². The van der Waals surface area contributed by atoms with E-state index in [4.69, 9.17) is 19.6 Å². The number of morpholine rings is 1. The number of aromatic amines is 1. The number of nitrogens with one attached hydrogen (secondary N) is 2. The average Bonchev–Trinajstić information content (AvgIpc) is 3.70. The summed E-state index contributed by atoms with van der Waals surface area (Å²) in [6, 6.07) is 11.7. The van der Waals surface area contributed by atoms with Crippen molar-refractivity contribution in [2.45, 2.75) is 13.0 Å². The third kappa shape index (κ3) is 6.46. The third-order valence-corrected chi connectivity index (χ3v) is 6.16. The van der Waals surface area contributed by atoms with Crippen LogP contribution in [0.25, 0.3) is 22.5 Å². The highest BCUT2D eigenvalue weighted by molar-refractivity contribution is 5.84. The number of aryl methyl sites for hydroxylation is 1. The summed E-state index contributed by atoms with van der Waals surface area (Å²) in [7, 11) is 5.81. The summed E-state index contributed by atoms with van der Waals surface area (Å²) in [5.41, 5.74) is 6.98. The fraction of sp³-hybridized carbons (Fsp3) is 0.385. The van der Waals surface area contributed by atoms with E-state index in [9.17, 15) is 0 Å². The van der Waals surface area contributed by atoms with E-state index in [1.54, 1.807) is 11.8 Å². The minimum Gasteiger partial charge on any atom is -0.497 e. The Morgan fingerprint density at radius 1 is 1.18 bits per heavy atom. The van der Waals surface area contributed by atoms with Gasteiger partial charge < -0.3 is 14.4 Å². The molecule has 5 rings (SSSR count). The molecule has 12 heteroatoms. The van der Waals surface area contributed by atoms with Gasteiger partial charge in [0.15, 0.2) is 5.82 Å². The second kappa shape index (κ2) is 12.0. The number of nitrogens with zero attached hydrogens (tertiary/aromatic N) is 8. The van der Waals surface area contributed by atoms with Gasteiger partial charge in [-0.1, -0.05) is 12.1 Å². The zero-order valence-electron chi connectivity index (χ0n) is 22.0. The normalized spacial score (nSPS) is 14.8. The molecule has 0 spiro atoms. The third-order valence-electron chi connectivity index (χ3n) is 6.16. The Morgan fingerprint density at radius 3 is 2.87 bits per heavy atom. The maximum Gasteiger partial charge on any atom is 0.240 e. The molecule has 0 aliphatic carbocycles. The Balaban J connectivity index is 1.37. The molecule has 200 valence electrons. The Morgan fingerprint density at radius 2 is 2.05 bits per heavy atom. The number of hydrazine groups is 1. The summed E-state index contributed by atoms with van der Waals surface area (Å²) in [6.45, 7) is 4.66. The first kappa shape index (κ1) is 25.6. The van der Waals surface area contributed by atoms with Crippen LogP contribution in [0.5, 0.6) is 5.75 Å². The largest absolute Gasteiger partial charge is 0.497 e. The Kier molecular flexibility index (Phi) is 8.12. The molecular formula is C26H34N10O2. The first-order valence-corrected chi connectivity index (χ1v) is 12.7. The smallest absolute Gasteiger partial charge is 0.240 e. The van der Waals surface area contributed by atoms with Gasteiger partial charge in [0.2, 0.25) is 5.96 Å². The predicted molar refractivity (Wildman–Crippen MR) is 145 cm³/mol. The van der Waals surface area contributed by atoms with Crippen LogP contribution in [0.2, 0.25) is 0 Å². The molecule has 38 heavy (non-hydrogen) atoms. The van der Waals surface area contributed by atoms with Crippen LogP contribution in [0.3, 0.4) is 0 Å². The molecule has 2 N–H and O–H groups in total. The summed E-state index contributed by atoms with van der Waals surface area (Å²) in [5, 5.41) is 18.9. The number of ether oxygens (including phenoxy) is 2. The van der Waals surface area contributed by atoms with Crippen LogP contribution < -0.4 is 10.2 Å². The van der Waals surface area contributed by atoms with Crippen molar-refractivity contribution in [3.63, 3.8) is 0 Å². The van der Waals surface area contributed by atoms with E-state index < -0.39 is 0 Å². The van der Waals surface area contributed by atoms with E-state index >= 15 is 0 Å². The lowest BCUT2D eigenvalue weighted by Crippen LogP contribution is -2.50. The standard InChI is InChI=1S/C26H34N10O2/c1-33(2)9-5-10-35-19-21(18-27-35)24-17-25(30-29-24)28-26(32-34-12-14-38-15-13-34)36-11-8-23(31-36)20-6-4-7-22(16-20)37-3/h4,6-8,11,16-19H,5,9-10,12-15H2,1-3H3,(H2,28,29,30,32). The predicted octanol–water partition coefficient (Wildman–Crippen LogP) is 2.47. The number of methoxy groups -OCH3 is 1. The number of benzene rings is 1. The van der Waals surface area contributed by atoms with Gasteiger partial charge in [0.1, 0.15) is 5.75 Å². The van der Waals surface area contributed by atoms with Crippen molar-refractivity contribution in [3.05, 3.63) is 55.0 Å². The minimum absolute atomic E-state index is 0.537. The monoisotopic (exact) mass is 518 g/mol. The van der Waals surface area contributed by atoms with Crippen LogP contribution >= 0.6 is 0 Å². The molecule has 3 aromatic heterocycles. The van der Waals surface area contributed by atoms with Gasteiger partial charge in [0.25, 0.3) is 0 Å². The minimum atomic E-state index is 0.537. The fourth-order valence-electron chi connectivity index (χ4n) is 4.12. The van der Waals surface area contributed by atoms with Crippen LogP contribution in [0.4, 0.5) is 5.82 Å². The van der Waals surface area contributed by atoms with Gasteiger partial charge in [-0.15, -0.1) is 0 Å².